The lowest BCUT2D eigenvalue weighted by Gasteiger charge is -2.00. The van der Waals surface area contributed by atoms with Gasteiger partial charge >= 0.3 is 5.97 Å². The van der Waals surface area contributed by atoms with Crippen LogP contribution in [0.1, 0.15) is 18.1 Å². The molecule has 0 saturated heterocycles. The van der Waals surface area contributed by atoms with Crippen molar-refractivity contribution in [3.63, 3.8) is 0 Å². The average Bonchev–Trinajstić information content (AvgIpc) is 2.29. The van der Waals surface area contributed by atoms with Crippen molar-refractivity contribution in [3.8, 4) is 0 Å². The highest BCUT2D eigenvalue weighted by atomic mass is 16.5. The maximum atomic E-state index is 10.8. The van der Waals surface area contributed by atoms with Crippen LogP contribution in [0.25, 0.3) is 5.57 Å². The van der Waals surface area contributed by atoms with Crippen LogP contribution in [0.3, 0.4) is 0 Å². The van der Waals surface area contributed by atoms with E-state index in [0.717, 1.165) is 11.1 Å². The van der Waals surface area contributed by atoms with Gasteiger partial charge < -0.3 is 4.74 Å². The number of hydrogen-bond donors (Lipinski definition) is 0. The predicted molar refractivity (Wildman–Crippen MR) is 66.0 cm³/mol. The van der Waals surface area contributed by atoms with Gasteiger partial charge in [0.1, 0.15) is 0 Å². The smallest absolute Gasteiger partial charge is 0.330 e. The minimum absolute atomic E-state index is 0.340. The Balaban J connectivity index is 2.74. The number of rotatable bonds is 3. The van der Waals surface area contributed by atoms with Gasteiger partial charge in [-0.1, -0.05) is 42.0 Å². The summed E-state index contributed by atoms with van der Waals surface area (Å²) < 4.78 is 4.50. The zero-order valence-electron chi connectivity index (χ0n) is 9.86. The normalized spacial score (nSPS) is 11.8. The second kappa shape index (κ2) is 5.91. The minimum Gasteiger partial charge on any atom is -0.466 e. The molecule has 0 atom stereocenters. The van der Waals surface area contributed by atoms with Crippen LogP contribution in [0.2, 0.25) is 0 Å². The van der Waals surface area contributed by atoms with E-state index in [0.29, 0.717) is 0 Å². The van der Waals surface area contributed by atoms with Gasteiger partial charge in [0.15, 0.2) is 0 Å². The quantitative estimate of drug-likeness (QED) is 0.441. The first-order chi connectivity index (χ1) is 7.63. The predicted octanol–water partition coefficient (Wildman–Crippen LogP) is 3.13. The number of hydrogen-bond acceptors (Lipinski definition) is 2. The lowest BCUT2D eigenvalue weighted by Crippen LogP contribution is -1.92. The van der Waals surface area contributed by atoms with Crippen molar-refractivity contribution in [1.29, 1.82) is 0 Å². The maximum absolute atomic E-state index is 10.8. The molecule has 0 heterocycles. The Hall–Kier alpha value is -1.83. The molecule has 84 valence electrons. The number of allylic oxidation sites excluding steroid dienone is 3. The third kappa shape index (κ3) is 3.73. The van der Waals surface area contributed by atoms with E-state index < -0.39 is 0 Å². The Morgan fingerprint density at radius 2 is 1.88 bits per heavy atom. The van der Waals surface area contributed by atoms with Crippen molar-refractivity contribution >= 4 is 11.5 Å². The second-order valence-electron chi connectivity index (χ2n) is 3.60. The third-order valence-corrected chi connectivity index (χ3v) is 2.29. The Bertz CT molecular complexity index is 411. The van der Waals surface area contributed by atoms with E-state index in [-0.39, 0.29) is 5.97 Å². The van der Waals surface area contributed by atoms with Crippen LogP contribution in [-0.2, 0) is 9.53 Å². The highest BCUT2D eigenvalue weighted by Crippen LogP contribution is 2.14. The van der Waals surface area contributed by atoms with Gasteiger partial charge in [-0.05, 0) is 25.0 Å². The van der Waals surface area contributed by atoms with Crippen LogP contribution in [0.5, 0.6) is 0 Å². The molecule has 0 spiro atoms. The van der Waals surface area contributed by atoms with Gasteiger partial charge in [0.2, 0.25) is 0 Å². The molecule has 1 aromatic rings. The van der Waals surface area contributed by atoms with Crippen molar-refractivity contribution in [2.24, 2.45) is 0 Å². The van der Waals surface area contributed by atoms with E-state index in [1.165, 1.54) is 18.7 Å². The monoisotopic (exact) mass is 216 g/mol. The van der Waals surface area contributed by atoms with Gasteiger partial charge in [0.05, 0.1) is 7.11 Å². The SMILES string of the molecule is COC(=O)/C=C/C=C(\C)c1ccc(C)cc1. The number of methoxy groups -OCH3 is 1. The molecule has 1 aromatic carbocycles. The molecular weight excluding hydrogens is 200 g/mol. The fraction of sp³-hybridized carbons (Fsp3) is 0.214. The number of aryl methyl sites for hydroxylation is 1. The molecule has 1 rings (SSSR count). The molecule has 2 heteroatoms. The molecule has 0 aromatic heterocycles. The van der Waals surface area contributed by atoms with E-state index in [2.05, 4.69) is 35.9 Å². The van der Waals surface area contributed by atoms with Crippen LogP contribution in [0, 0.1) is 6.92 Å². The van der Waals surface area contributed by atoms with Crippen molar-refractivity contribution in [2.75, 3.05) is 7.11 Å². The van der Waals surface area contributed by atoms with Gasteiger partial charge in [-0.15, -0.1) is 0 Å². The van der Waals surface area contributed by atoms with Gasteiger partial charge in [0, 0.05) is 6.08 Å². The molecule has 0 aliphatic heterocycles. The molecule has 0 unspecified atom stereocenters. The Kier molecular flexibility index (Phi) is 4.52. The number of ether oxygens (including phenoxy) is 1. The van der Waals surface area contributed by atoms with Crippen molar-refractivity contribution in [1.82, 2.24) is 0 Å². The van der Waals surface area contributed by atoms with Crippen molar-refractivity contribution < 1.29 is 9.53 Å². The summed E-state index contributed by atoms with van der Waals surface area (Å²) in [5, 5.41) is 0. The van der Waals surface area contributed by atoms with E-state index in [1.54, 1.807) is 6.08 Å². The molecule has 0 N–H and O–H groups in total. The highest BCUT2D eigenvalue weighted by Gasteiger charge is 1.93. The van der Waals surface area contributed by atoms with Crippen LogP contribution >= 0.6 is 0 Å². The van der Waals surface area contributed by atoms with Gasteiger partial charge in [-0.25, -0.2) is 4.79 Å². The number of benzene rings is 1. The summed E-state index contributed by atoms with van der Waals surface area (Å²) in [7, 11) is 1.36. The van der Waals surface area contributed by atoms with Crippen molar-refractivity contribution in [2.45, 2.75) is 13.8 Å². The lowest BCUT2D eigenvalue weighted by atomic mass is 10.1. The average molecular weight is 216 g/mol. The third-order valence-electron chi connectivity index (χ3n) is 2.29. The zero-order chi connectivity index (χ0) is 12.0. The topological polar surface area (TPSA) is 26.3 Å². The molecule has 0 fully saturated rings. The van der Waals surface area contributed by atoms with Gasteiger partial charge in [-0.3, -0.25) is 0 Å². The van der Waals surface area contributed by atoms with E-state index in [9.17, 15) is 4.79 Å². The molecule has 0 aliphatic rings. The molecule has 0 amide bonds. The fourth-order valence-corrected chi connectivity index (χ4v) is 1.25. The first-order valence-electron chi connectivity index (χ1n) is 5.13. The van der Waals surface area contributed by atoms with E-state index >= 15 is 0 Å². The number of carbonyl (C=O) groups is 1. The summed E-state index contributed by atoms with van der Waals surface area (Å²) in [6, 6.07) is 8.26. The Morgan fingerprint density at radius 3 is 2.44 bits per heavy atom. The summed E-state index contributed by atoms with van der Waals surface area (Å²) in [6.07, 6.45) is 4.99. The Labute approximate surface area is 96.2 Å². The summed E-state index contributed by atoms with van der Waals surface area (Å²) in [4.78, 5) is 10.8. The summed E-state index contributed by atoms with van der Waals surface area (Å²) in [5.41, 5.74) is 3.50. The summed E-state index contributed by atoms with van der Waals surface area (Å²) in [6.45, 7) is 4.06. The fourth-order valence-electron chi connectivity index (χ4n) is 1.25. The minimum atomic E-state index is -0.340. The lowest BCUT2D eigenvalue weighted by molar-refractivity contribution is -0.134. The standard InChI is InChI=1S/C14H16O2/c1-11-7-9-13(10-8-11)12(2)5-4-6-14(15)16-3/h4-10H,1-3H3/b6-4+,12-5+. The van der Waals surface area contributed by atoms with E-state index in [1.807, 2.05) is 13.0 Å². The number of carbonyl (C=O) groups excluding carboxylic acids is 1. The molecule has 16 heavy (non-hydrogen) atoms. The first kappa shape index (κ1) is 12.2. The van der Waals surface area contributed by atoms with E-state index in [4.69, 9.17) is 0 Å². The first-order valence-corrected chi connectivity index (χ1v) is 5.13. The molecule has 2 nitrogen and oxygen atoms in total. The molecule has 0 saturated carbocycles. The van der Waals surface area contributed by atoms with Crippen LogP contribution in [-0.4, -0.2) is 13.1 Å². The summed E-state index contributed by atoms with van der Waals surface area (Å²) >= 11 is 0. The maximum Gasteiger partial charge on any atom is 0.330 e. The van der Waals surface area contributed by atoms with Gasteiger partial charge in [0.25, 0.3) is 0 Å². The van der Waals surface area contributed by atoms with Gasteiger partial charge in [-0.2, -0.15) is 0 Å². The van der Waals surface area contributed by atoms with Crippen LogP contribution in [0.15, 0.2) is 42.5 Å². The summed E-state index contributed by atoms with van der Waals surface area (Å²) in [5.74, 6) is -0.340. The van der Waals surface area contributed by atoms with Crippen molar-refractivity contribution in [3.05, 3.63) is 53.6 Å². The largest absolute Gasteiger partial charge is 0.466 e. The zero-order valence-corrected chi connectivity index (χ0v) is 9.86. The highest BCUT2D eigenvalue weighted by molar-refractivity contribution is 5.82. The Morgan fingerprint density at radius 1 is 1.25 bits per heavy atom. The molecular formula is C14H16O2. The second-order valence-corrected chi connectivity index (χ2v) is 3.60. The molecule has 0 radical (unpaired) electrons. The number of esters is 1. The van der Waals surface area contributed by atoms with Crippen LogP contribution in [0.4, 0.5) is 0 Å². The van der Waals surface area contributed by atoms with Crippen LogP contribution < -0.4 is 0 Å². The molecule has 0 bridgehead atoms. The molecule has 0 aliphatic carbocycles.